The van der Waals surface area contributed by atoms with Crippen LogP contribution in [-0.4, -0.2) is 24.4 Å². The fourth-order valence-electron chi connectivity index (χ4n) is 3.04. The molecule has 4 aromatic rings. The lowest BCUT2D eigenvalue weighted by molar-refractivity contribution is -0.393. The van der Waals surface area contributed by atoms with E-state index >= 15 is 0 Å². The molecular weight excluding hydrogens is 376 g/mol. The zero-order valence-electron chi connectivity index (χ0n) is 14.9. The molecule has 10 nitrogen and oxygen atoms in total. The van der Waals surface area contributed by atoms with Crippen molar-refractivity contribution in [3.63, 3.8) is 0 Å². The lowest BCUT2D eigenvalue weighted by Gasteiger charge is -2.12. The maximum absolute atomic E-state index is 11.3. The molecule has 10 heteroatoms. The number of hydrogen-bond acceptors (Lipinski definition) is 7. The van der Waals surface area contributed by atoms with E-state index in [2.05, 4.69) is 15.3 Å². The lowest BCUT2D eigenvalue weighted by atomic mass is 10.2. The van der Waals surface area contributed by atoms with Gasteiger partial charge in [-0.3, -0.25) is 24.8 Å². The minimum atomic E-state index is -0.667. The van der Waals surface area contributed by atoms with Gasteiger partial charge < -0.3 is 5.32 Å². The molecule has 0 saturated carbocycles. The number of hydrogen-bond donors (Lipinski definition) is 1. The average molecular weight is 390 g/mol. The highest BCUT2D eigenvalue weighted by Gasteiger charge is 2.19. The Balaban J connectivity index is 1.67. The average Bonchev–Trinajstić information content (AvgIpc) is 3.16. The number of pyridine rings is 1. The summed E-state index contributed by atoms with van der Waals surface area (Å²) in [6.45, 7) is 0.230. The molecule has 2 aromatic heterocycles. The minimum absolute atomic E-state index is 0.186. The highest BCUT2D eigenvalue weighted by Crippen LogP contribution is 2.29. The predicted octanol–water partition coefficient (Wildman–Crippen LogP) is 3.85. The number of nitro benzene ring substituents is 2. The van der Waals surface area contributed by atoms with Gasteiger partial charge in [0.1, 0.15) is 17.8 Å². The fraction of sp³-hybridized carbons (Fsp3) is 0.0526. The van der Waals surface area contributed by atoms with Crippen molar-refractivity contribution in [2.45, 2.75) is 6.54 Å². The number of fused-ring (bicyclic) bond motifs is 1. The zero-order valence-corrected chi connectivity index (χ0v) is 14.9. The van der Waals surface area contributed by atoms with Crippen molar-refractivity contribution in [3.05, 3.63) is 92.9 Å². The van der Waals surface area contributed by atoms with Gasteiger partial charge in [-0.1, -0.05) is 18.2 Å². The minimum Gasteiger partial charge on any atom is -0.375 e. The number of anilines is 1. The Hall–Kier alpha value is -4.34. The first-order valence-electron chi connectivity index (χ1n) is 8.57. The van der Waals surface area contributed by atoms with Crippen LogP contribution in [0.4, 0.5) is 17.1 Å². The molecule has 1 N–H and O–H groups in total. The van der Waals surface area contributed by atoms with E-state index in [-0.39, 0.29) is 23.6 Å². The Morgan fingerprint density at radius 2 is 1.79 bits per heavy atom. The summed E-state index contributed by atoms with van der Waals surface area (Å²) < 4.78 is 1.84. The maximum atomic E-state index is 11.3. The van der Waals surface area contributed by atoms with Crippen LogP contribution in [0.1, 0.15) is 5.56 Å². The molecule has 29 heavy (non-hydrogen) atoms. The zero-order chi connectivity index (χ0) is 20.4. The molecular formula is C19H14N6O4. The highest BCUT2D eigenvalue weighted by molar-refractivity contribution is 5.77. The number of para-hydroxylation sites is 2. The van der Waals surface area contributed by atoms with Gasteiger partial charge >= 0.3 is 0 Å². The lowest BCUT2D eigenvalue weighted by Crippen LogP contribution is -2.08. The second kappa shape index (κ2) is 7.35. The molecule has 2 aromatic carbocycles. The second-order valence-corrected chi connectivity index (χ2v) is 6.16. The Bertz CT molecular complexity index is 1240. The van der Waals surface area contributed by atoms with Gasteiger partial charge in [-0.05, 0) is 24.3 Å². The first-order valence-corrected chi connectivity index (χ1v) is 8.57. The van der Waals surface area contributed by atoms with E-state index in [4.69, 9.17) is 0 Å². The SMILES string of the molecule is O=[N+]([O-])c1ccc(NCc2cccnc2-n2cnc3ccccc32)c([N+](=O)[O-])c1. The van der Waals surface area contributed by atoms with E-state index in [9.17, 15) is 20.2 Å². The van der Waals surface area contributed by atoms with E-state index in [0.717, 1.165) is 22.7 Å². The number of nitrogens with one attached hydrogen (secondary N) is 1. The summed E-state index contributed by atoms with van der Waals surface area (Å²) in [6.07, 6.45) is 3.33. The van der Waals surface area contributed by atoms with Gasteiger partial charge in [0.25, 0.3) is 11.4 Å². The molecule has 0 unspecified atom stereocenters. The van der Waals surface area contributed by atoms with Crippen molar-refractivity contribution in [2.24, 2.45) is 0 Å². The smallest absolute Gasteiger partial charge is 0.299 e. The Morgan fingerprint density at radius 3 is 2.59 bits per heavy atom. The van der Waals surface area contributed by atoms with Crippen molar-refractivity contribution in [1.82, 2.24) is 14.5 Å². The van der Waals surface area contributed by atoms with Gasteiger partial charge in [0.2, 0.25) is 0 Å². The van der Waals surface area contributed by atoms with Gasteiger partial charge in [-0.25, -0.2) is 9.97 Å². The normalized spacial score (nSPS) is 10.8. The molecule has 0 aliphatic heterocycles. The molecule has 0 spiro atoms. The van der Waals surface area contributed by atoms with Crippen LogP contribution in [0.3, 0.4) is 0 Å². The maximum Gasteiger partial charge on any atom is 0.299 e. The first-order chi connectivity index (χ1) is 14.0. The standard InChI is InChI=1S/C19H14N6O4/c26-24(27)14-7-8-16(18(10-14)25(28)29)21-11-13-4-3-9-20-19(13)23-12-22-15-5-1-2-6-17(15)23/h1-10,12,21H,11H2. The van der Waals surface area contributed by atoms with Crippen LogP contribution in [-0.2, 0) is 6.54 Å². The molecule has 2 heterocycles. The molecule has 0 saturated heterocycles. The Morgan fingerprint density at radius 1 is 0.966 bits per heavy atom. The summed E-state index contributed by atoms with van der Waals surface area (Å²) >= 11 is 0. The molecule has 0 radical (unpaired) electrons. The van der Waals surface area contributed by atoms with Crippen LogP contribution in [0.2, 0.25) is 0 Å². The van der Waals surface area contributed by atoms with Crippen LogP contribution >= 0.6 is 0 Å². The Labute approximate surface area is 163 Å². The third-order valence-corrected chi connectivity index (χ3v) is 4.41. The third kappa shape index (κ3) is 3.46. The molecule has 0 aliphatic rings. The van der Waals surface area contributed by atoms with Crippen LogP contribution in [0.25, 0.3) is 16.9 Å². The van der Waals surface area contributed by atoms with Crippen molar-refractivity contribution in [3.8, 4) is 5.82 Å². The number of rotatable bonds is 6. The summed E-state index contributed by atoms with van der Waals surface area (Å²) in [5.41, 5.74) is 1.97. The van der Waals surface area contributed by atoms with E-state index in [1.165, 1.54) is 12.1 Å². The number of non-ortho nitro benzene ring substituents is 1. The summed E-state index contributed by atoms with van der Waals surface area (Å²) in [7, 11) is 0. The Kier molecular flexibility index (Phi) is 4.57. The third-order valence-electron chi connectivity index (χ3n) is 4.41. The first kappa shape index (κ1) is 18.0. The topological polar surface area (TPSA) is 129 Å². The van der Waals surface area contributed by atoms with Gasteiger partial charge in [0.15, 0.2) is 0 Å². The number of imidazole rings is 1. The number of nitrogens with zero attached hydrogens (tertiary/aromatic N) is 5. The van der Waals surface area contributed by atoms with Gasteiger partial charge in [-0.15, -0.1) is 0 Å². The van der Waals surface area contributed by atoms with Crippen molar-refractivity contribution in [1.29, 1.82) is 0 Å². The van der Waals surface area contributed by atoms with Gasteiger partial charge in [0.05, 0.1) is 26.9 Å². The molecule has 0 fully saturated rings. The van der Waals surface area contributed by atoms with Crippen LogP contribution in [0, 0.1) is 20.2 Å². The number of benzene rings is 2. The van der Waals surface area contributed by atoms with E-state index in [1.54, 1.807) is 18.6 Å². The fourth-order valence-corrected chi connectivity index (χ4v) is 3.04. The molecule has 0 bridgehead atoms. The predicted molar refractivity (Wildman–Crippen MR) is 106 cm³/mol. The largest absolute Gasteiger partial charge is 0.375 e. The van der Waals surface area contributed by atoms with Gasteiger partial charge in [-0.2, -0.15) is 0 Å². The van der Waals surface area contributed by atoms with Crippen LogP contribution in [0.5, 0.6) is 0 Å². The van der Waals surface area contributed by atoms with Crippen molar-refractivity contribution < 1.29 is 9.85 Å². The van der Waals surface area contributed by atoms with Crippen molar-refractivity contribution in [2.75, 3.05) is 5.32 Å². The highest BCUT2D eigenvalue weighted by atomic mass is 16.6. The number of nitro groups is 2. The summed E-state index contributed by atoms with van der Waals surface area (Å²) in [5.74, 6) is 0.637. The summed E-state index contributed by atoms with van der Waals surface area (Å²) in [4.78, 5) is 29.7. The molecule has 0 atom stereocenters. The molecule has 144 valence electrons. The monoisotopic (exact) mass is 390 g/mol. The molecule has 4 rings (SSSR count). The molecule has 0 amide bonds. The van der Waals surface area contributed by atoms with E-state index < -0.39 is 9.85 Å². The summed E-state index contributed by atoms with van der Waals surface area (Å²) in [6, 6.07) is 14.7. The van der Waals surface area contributed by atoms with E-state index in [0.29, 0.717) is 5.82 Å². The van der Waals surface area contributed by atoms with Crippen LogP contribution < -0.4 is 5.32 Å². The quantitative estimate of drug-likeness (QED) is 0.391. The second-order valence-electron chi connectivity index (χ2n) is 6.16. The number of aromatic nitrogens is 3. The molecule has 0 aliphatic carbocycles. The van der Waals surface area contributed by atoms with Gasteiger partial charge in [0, 0.05) is 24.4 Å². The van der Waals surface area contributed by atoms with E-state index in [1.807, 2.05) is 34.9 Å². The summed E-state index contributed by atoms with van der Waals surface area (Å²) in [5, 5.41) is 25.2. The van der Waals surface area contributed by atoms with Crippen LogP contribution in [0.15, 0.2) is 67.1 Å². The van der Waals surface area contributed by atoms with Crippen molar-refractivity contribution >= 4 is 28.1 Å².